The van der Waals surface area contributed by atoms with Crippen molar-refractivity contribution >= 4 is 15.8 Å². The molecule has 3 N–H and O–H groups in total. The van der Waals surface area contributed by atoms with Gasteiger partial charge in [-0.15, -0.1) is 0 Å². The number of anilines is 1. The molecular weight excluding hydrogens is 256 g/mol. The second kappa shape index (κ2) is 4.65. The molecule has 2 aromatic heterocycles. The minimum atomic E-state index is -3.91. The first-order valence-corrected chi connectivity index (χ1v) is 6.75. The van der Waals surface area contributed by atoms with E-state index >= 15 is 0 Å². The van der Waals surface area contributed by atoms with Crippen molar-refractivity contribution in [3.8, 4) is 0 Å². The summed E-state index contributed by atoms with van der Waals surface area (Å²) in [4.78, 5) is 13.7. The molecular formula is C10H12N4O3S. The van der Waals surface area contributed by atoms with Crippen molar-refractivity contribution in [1.82, 2.24) is 15.2 Å². The van der Waals surface area contributed by atoms with E-state index in [1.54, 1.807) is 0 Å². The number of H-pyrrole nitrogens is 2. The van der Waals surface area contributed by atoms with Gasteiger partial charge in [0.25, 0.3) is 10.0 Å². The van der Waals surface area contributed by atoms with Crippen molar-refractivity contribution in [2.24, 2.45) is 0 Å². The van der Waals surface area contributed by atoms with Crippen LogP contribution in [0.2, 0.25) is 0 Å². The Morgan fingerprint density at radius 2 is 2.22 bits per heavy atom. The summed E-state index contributed by atoms with van der Waals surface area (Å²) >= 11 is 0. The number of rotatable bonds is 4. The Labute approximate surface area is 103 Å². The van der Waals surface area contributed by atoms with Crippen LogP contribution in [0.15, 0.2) is 34.3 Å². The fourth-order valence-corrected chi connectivity index (χ4v) is 2.58. The van der Waals surface area contributed by atoms with Crippen molar-refractivity contribution in [3.63, 3.8) is 0 Å². The van der Waals surface area contributed by atoms with Crippen LogP contribution in [0.4, 0.5) is 5.82 Å². The van der Waals surface area contributed by atoms with Gasteiger partial charge < -0.3 is 4.98 Å². The lowest BCUT2D eigenvalue weighted by Crippen LogP contribution is -2.21. The van der Waals surface area contributed by atoms with E-state index in [2.05, 4.69) is 19.9 Å². The molecule has 2 rings (SSSR count). The average Bonchev–Trinajstić information content (AvgIpc) is 2.76. The molecule has 0 radical (unpaired) electrons. The third-order valence-electron chi connectivity index (χ3n) is 2.41. The molecule has 0 aromatic carbocycles. The third-order valence-corrected chi connectivity index (χ3v) is 3.78. The highest BCUT2D eigenvalue weighted by molar-refractivity contribution is 7.92. The van der Waals surface area contributed by atoms with Gasteiger partial charge in [-0.2, -0.15) is 5.10 Å². The number of hydrogen-bond donors (Lipinski definition) is 3. The minimum absolute atomic E-state index is 0.278. The van der Waals surface area contributed by atoms with Gasteiger partial charge in [-0.25, -0.2) is 8.42 Å². The van der Waals surface area contributed by atoms with Crippen LogP contribution in [-0.2, 0) is 16.4 Å². The van der Waals surface area contributed by atoms with Crippen LogP contribution in [0.1, 0.15) is 12.5 Å². The van der Waals surface area contributed by atoms with Crippen molar-refractivity contribution in [3.05, 3.63) is 40.4 Å². The van der Waals surface area contributed by atoms with Crippen LogP contribution in [0.5, 0.6) is 0 Å². The molecule has 0 unspecified atom stereocenters. The summed E-state index contributed by atoms with van der Waals surface area (Å²) in [7, 11) is -3.91. The lowest BCUT2D eigenvalue weighted by molar-refractivity contribution is 0.600. The average molecular weight is 268 g/mol. The maximum Gasteiger partial charge on any atom is 0.268 e. The molecule has 0 atom stereocenters. The molecule has 0 aliphatic rings. The number of sulfonamides is 1. The van der Waals surface area contributed by atoms with E-state index in [0.717, 1.165) is 17.8 Å². The molecule has 8 heteroatoms. The number of hydrogen-bond acceptors (Lipinski definition) is 4. The minimum Gasteiger partial charge on any atom is -0.366 e. The van der Waals surface area contributed by atoms with Gasteiger partial charge in [-0.1, -0.05) is 6.92 Å². The zero-order chi connectivity index (χ0) is 13.2. The molecule has 2 heterocycles. The zero-order valence-electron chi connectivity index (χ0n) is 9.60. The topological polar surface area (TPSA) is 108 Å². The number of aromatic amines is 2. The van der Waals surface area contributed by atoms with Gasteiger partial charge in [0.15, 0.2) is 4.90 Å². The van der Waals surface area contributed by atoms with Crippen molar-refractivity contribution in [2.45, 2.75) is 18.2 Å². The molecule has 2 aromatic rings. The van der Waals surface area contributed by atoms with E-state index in [1.807, 2.05) is 6.92 Å². The van der Waals surface area contributed by atoms with Crippen LogP contribution in [-0.4, -0.2) is 23.6 Å². The van der Waals surface area contributed by atoms with E-state index in [4.69, 9.17) is 0 Å². The van der Waals surface area contributed by atoms with Crippen LogP contribution < -0.4 is 10.2 Å². The van der Waals surface area contributed by atoms with Gasteiger partial charge in [0.2, 0.25) is 5.43 Å². The molecule has 18 heavy (non-hydrogen) atoms. The second-order valence-electron chi connectivity index (χ2n) is 3.60. The number of pyridine rings is 1. The Morgan fingerprint density at radius 3 is 2.89 bits per heavy atom. The standard InChI is InChI=1S/C10H12N4O3S/c1-2-7-5-12-13-10(7)14-18(16,17)9-6-11-4-3-8(9)15/h3-6H,2H2,1H3,(H,11,15)(H2,12,13,14). The quantitative estimate of drug-likeness (QED) is 0.748. The van der Waals surface area contributed by atoms with Crippen LogP contribution in [0.3, 0.4) is 0 Å². The predicted octanol–water partition coefficient (Wildman–Crippen LogP) is 0.461. The molecule has 7 nitrogen and oxygen atoms in total. The van der Waals surface area contributed by atoms with E-state index in [-0.39, 0.29) is 10.7 Å². The fraction of sp³-hybridized carbons (Fsp3) is 0.200. The van der Waals surface area contributed by atoms with E-state index in [0.29, 0.717) is 6.42 Å². The van der Waals surface area contributed by atoms with Crippen LogP contribution in [0, 0.1) is 0 Å². The number of aryl methyl sites for hydroxylation is 1. The fourth-order valence-electron chi connectivity index (χ4n) is 1.47. The lowest BCUT2D eigenvalue weighted by atomic mass is 10.3. The molecule has 0 aliphatic carbocycles. The molecule has 0 fully saturated rings. The normalized spacial score (nSPS) is 11.4. The SMILES string of the molecule is CCc1cn[nH]c1NS(=O)(=O)c1c[nH]ccc1=O. The summed E-state index contributed by atoms with van der Waals surface area (Å²) in [5.74, 6) is 0.278. The Morgan fingerprint density at radius 1 is 1.44 bits per heavy atom. The first-order chi connectivity index (χ1) is 8.54. The molecule has 0 saturated carbocycles. The zero-order valence-corrected chi connectivity index (χ0v) is 10.4. The monoisotopic (exact) mass is 268 g/mol. The summed E-state index contributed by atoms with van der Waals surface area (Å²) in [6, 6.07) is 1.16. The summed E-state index contributed by atoms with van der Waals surface area (Å²) in [5, 5.41) is 6.30. The maximum absolute atomic E-state index is 12.0. The molecule has 96 valence electrons. The Kier molecular flexibility index (Phi) is 3.19. The van der Waals surface area contributed by atoms with Crippen molar-refractivity contribution in [1.29, 1.82) is 0 Å². The number of nitrogens with zero attached hydrogens (tertiary/aromatic N) is 1. The third kappa shape index (κ3) is 2.28. The van der Waals surface area contributed by atoms with Gasteiger partial charge in [-0.3, -0.25) is 14.6 Å². The number of aromatic nitrogens is 3. The van der Waals surface area contributed by atoms with Crippen LogP contribution >= 0.6 is 0 Å². The highest BCUT2D eigenvalue weighted by Gasteiger charge is 2.19. The lowest BCUT2D eigenvalue weighted by Gasteiger charge is -2.06. The maximum atomic E-state index is 12.0. The van der Waals surface area contributed by atoms with Crippen molar-refractivity contribution < 1.29 is 8.42 Å². The van der Waals surface area contributed by atoms with Gasteiger partial charge in [0.05, 0.1) is 6.20 Å². The van der Waals surface area contributed by atoms with Gasteiger partial charge in [0.1, 0.15) is 5.82 Å². The summed E-state index contributed by atoms with van der Waals surface area (Å²) in [6.07, 6.45) is 4.67. The highest BCUT2D eigenvalue weighted by Crippen LogP contribution is 2.15. The predicted molar refractivity (Wildman–Crippen MR) is 65.8 cm³/mol. The molecule has 0 amide bonds. The first kappa shape index (κ1) is 12.4. The first-order valence-electron chi connectivity index (χ1n) is 5.26. The van der Waals surface area contributed by atoms with Crippen molar-refractivity contribution in [2.75, 3.05) is 4.72 Å². The Hall–Kier alpha value is -2.09. The summed E-state index contributed by atoms with van der Waals surface area (Å²) < 4.78 is 26.3. The second-order valence-corrected chi connectivity index (χ2v) is 5.25. The van der Waals surface area contributed by atoms with E-state index < -0.39 is 15.5 Å². The smallest absolute Gasteiger partial charge is 0.268 e. The van der Waals surface area contributed by atoms with Gasteiger partial charge in [-0.05, 0) is 6.42 Å². The molecule has 0 spiro atoms. The number of nitrogens with one attached hydrogen (secondary N) is 3. The molecule has 0 aliphatic heterocycles. The molecule has 0 saturated heterocycles. The highest BCUT2D eigenvalue weighted by atomic mass is 32.2. The largest absolute Gasteiger partial charge is 0.366 e. The Balaban J connectivity index is 2.40. The Bertz CT molecular complexity index is 702. The van der Waals surface area contributed by atoms with Gasteiger partial charge >= 0.3 is 0 Å². The van der Waals surface area contributed by atoms with E-state index in [1.165, 1.54) is 12.4 Å². The van der Waals surface area contributed by atoms with E-state index in [9.17, 15) is 13.2 Å². The van der Waals surface area contributed by atoms with Crippen LogP contribution in [0.25, 0.3) is 0 Å². The summed E-state index contributed by atoms with van der Waals surface area (Å²) in [6.45, 7) is 1.87. The molecule has 0 bridgehead atoms. The van der Waals surface area contributed by atoms with Gasteiger partial charge in [0, 0.05) is 24.0 Å². The summed E-state index contributed by atoms with van der Waals surface area (Å²) in [5.41, 5.74) is 0.157.